The highest BCUT2D eigenvalue weighted by atomic mass is 16.5. The summed E-state index contributed by atoms with van der Waals surface area (Å²) in [6.07, 6.45) is 2.29. The third kappa shape index (κ3) is 3.46. The highest BCUT2D eigenvalue weighted by molar-refractivity contribution is 5.76. The van der Waals surface area contributed by atoms with Crippen molar-refractivity contribution in [2.45, 2.75) is 44.8 Å². The van der Waals surface area contributed by atoms with E-state index in [-0.39, 0.29) is 12.0 Å². The molecule has 2 heterocycles. The second kappa shape index (κ2) is 6.68. The zero-order valence-corrected chi connectivity index (χ0v) is 12.4. The van der Waals surface area contributed by atoms with E-state index < -0.39 is 0 Å². The second-order valence-corrected chi connectivity index (χ2v) is 5.72. The van der Waals surface area contributed by atoms with E-state index >= 15 is 0 Å². The van der Waals surface area contributed by atoms with Crippen molar-refractivity contribution in [3.8, 4) is 0 Å². The van der Waals surface area contributed by atoms with Crippen LogP contribution in [0.1, 0.15) is 26.7 Å². The molecule has 0 bridgehead atoms. The van der Waals surface area contributed by atoms with Crippen LogP contribution in [0, 0.1) is 0 Å². The Bertz CT molecular complexity index is 311. The van der Waals surface area contributed by atoms with Crippen molar-refractivity contribution in [2.24, 2.45) is 0 Å². The van der Waals surface area contributed by atoms with Crippen LogP contribution in [0.25, 0.3) is 0 Å². The smallest absolute Gasteiger partial charge is 0.324 e. The Morgan fingerprint density at radius 2 is 2.21 bits per heavy atom. The summed E-state index contributed by atoms with van der Waals surface area (Å²) >= 11 is 0. The number of carbonyl (C=O) groups excluding carboxylic acids is 1. The lowest BCUT2D eigenvalue weighted by molar-refractivity contribution is -0.152. The van der Waals surface area contributed by atoms with E-state index in [0.29, 0.717) is 18.7 Å². The number of hydrogen-bond acceptors (Lipinski definition) is 5. The minimum Gasteiger partial charge on any atom is -0.465 e. The van der Waals surface area contributed by atoms with Crippen molar-refractivity contribution in [3.05, 3.63) is 0 Å². The topological polar surface area (TPSA) is 44.8 Å². The van der Waals surface area contributed by atoms with Gasteiger partial charge in [0.1, 0.15) is 6.04 Å². The molecule has 0 aromatic heterocycles. The quantitative estimate of drug-likeness (QED) is 0.747. The van der Waals surface area contributed by atoms with Crippen molar-refractivity contribution >= 4 is 5.97 Å². The molecule has 2 saturated heterocycles. The first-order chi connectivity index (χ1) is 9.13. The predicted molar refractivity (Wildman–Crippen MR) is 75.1 cm³/mol. The molecule has 110 valence electrons. The van der Waals surface area contributed by atoms with Crippen LogP contribution in [0.3, 0.4) is 0 Å². The van der Waals surface area contributed by atoms with E-state index in [1.54, 1.807) is 0 Å². The molecule has 0 spiro atoms. The summed E-state index contributed by atoms with van der Waals surface area (Å²) in [7, 11) is 2.18. The molecule has 3 unspecified atom stereocenters. The average Bonchev–Trinajstić information content (AvgIpc) is 2.42. The first-order valence-corrected chi connectivity index (χ1v) is 7.46. The Morgan fingerprint density at radius 3 is 2.89 bits per heavy atom. The number of carbonyl (C=O) groups is 1. The number of piperazine rings is 1. The lowest BCUT2D eigenvalue weighted by Crippen LogP contribution is -2.61. The number of ether oxygens (including phenoxy) is 1. The van der Waals surface area contributed by atoms with Crippen molar-refractivity contribution in [1.29, 1.82) is 0 Å². The second-order valence-electron chi connectivity index (χ2n) is 5.72. The maximum Gasteiger partial charge on any atom is 0.324 e. The summed E-state index contributed by atoms with van der Waals surface area (Å²) in [5.41, 5.74) is 0. The van der Waals surface area contributed by atoms with Crippen LogP contribution >= 0.6 is 0 Å². The summed E-state index contributed by atoms with van der Waals surface area (Å²) in [5.74, 6) is -0.0683. The van der Waals surface area contributed by atoms with Crippen molar-refractivity contribution in [2.75, 3.05) is 39.8 Å². The minimum atomic E-state index is -0.102. The Kier molecular flexibility index (Phi) is 5.19. The zero-order valence-electron chi connectivity index (χ0n) is 12.4. The van der Waals surface area contributed by atoms with Crippen LogP contribution in [0.2, 0.25) is 0 Å². The normalized spacial score (nSPS) is 34.2. The predicted octanol–water partition coefficient (Wildman–Crippen LogP) is 0.306. The van der Waals surface area contributed by atoms with Crippen LogP contribution in [0.4, 0.5) is 0 Å². The molecule has 2 fully saturated rings. The van der Waals surface area contributed by atoms with Gasteiger partial charge in [0.2, 0.25) is 0 Å². The minimum absolute atomic E-state index is 0.0683. The summed E-state index contributed by atoms with van der Waals surface area (Å²) in [6, 6.07) is 1.01. The fourth-order valence-electron chi connectivity index (χ4n) is 3.18. The molecule has 3 atom stereocenters. The fraction of sp³-hybridized carbons (Fsp3) is 0.929. The average molecular weight is 269 g/mol. The Balaban J connectivity index is 2.01. The number of nitrogens with one attached hydrogen (secondary N) is 1. The van der Waals surface area contributed by atoms with E-state index in [4.69, 9.17) is 4.74 Å². The highest BCUT2D eigenvalue weighted by Crippen LogP contribution is 2.23. The van der Waals surface area contributed by atoms with Crippen LogP contribution in [-0.2, 0) is 9.53 Å². The van der Waals surface area contributed by atoms with Gasteiger partial charge in [0, 0.05) is 31.7 Å². The fourth-order valence-corrected chi connectivity index (χ4v) is 3.18. The maximum absolute atomic E-state index is 12.1. The van der Waals surface area contributed by atoms with E-state index in [9.17, 15) is 4.79 Å². The first kappa shape index (κ1) is 14.8. The molecule has 2 rings (SSSR count). The molecule has 0 aliphatic carbocycles. The van der Waals surface area contributed by atoms with Gasteiger partial charge in [-0.3, -0.25) is 9.69 Å². The van der Waals surface area contributed by atoms with Gasteiger partial charge in [-0.15, -0.1) is 0 Å². The van der Waals surface area contributed by atoms with Crippen LogP contribution < -0.4 is 5.32 Å². The zero-order chi connectivity index (χ0) is 13.8. The van der Waals surface area contributed by atoms with Gasteiger partial charge < -0.3 is 15.0 Å². The van der Waals surface area contributed by atoms with Gasteiger partial charge in [-0.25, -0.2) is 0 Å². The third-order valence-corrected chi connectivity index (χ3v) is 4.49. The van der Waals surface area contributed by atoms with Crippen molar-refractivity contribution < 1.29 is 9.53 Å². The monoisotopic (exact) mass is 269 g/mol. The van der Waals surface area contributed by atoms with E-state index in [1.165, 1.54) is 0 Å². The molecular weight excluding hydrogens is 242 g/mol. The van der Waals surface area contributed by atoms with Crippen molar-refractivity contribution in [1.82, 2.24) is 15.1 Å². The van der Waals surface area contributed by atoms with Gasteiger partial charge in [-0.05, 0) is 40.3 Å². The number of hydrogen-bond donors (Lipinski definition) is 1. The summed E-state index contributed by atoms with van der Waals surface area (Å²) < 4.78 is 5.22. The molecule has 0 aromatic carbocycles. The van der Waals surface area contributed by atoms with E-state index in [1.807, 2.05) is 6.92 Å². The number of rotatable bonds is 3. The molecule has 1 N–H and O–H groups in total. The molecule has 0 amide bonds. The summed E-state index contributed by atoms with van der Waals surface area (Å²) in [4.78, 5) is 16.9. The molecular formula is C14H27N3O2. The van der Waals surface area contributed by atoms with Crippen LogP contribution in [-0.4, -0.2) is 73.7 Å². The number of nitrogens with zero attached hydrogens (tertiary/aromatic N) is 2. The SMILES string of the molecule is CCOC(=O)C1CNCCN1C1CCN(C)C(C)C1. The largest absolute Gasteiger partial charge is 0.465 e. The van der Waals surface area contributed by atoms with Crippen LogP contribution in [0.5, 0.6) is 0 Å². The standard InChI is InChI=1S/C14H27N3O2/c1-4-19-14(18)13-10-15-6-8-17(13)12-5-7-16(3)11(2)9-12/h11-13,15H,4-10H2,1-3H3. The summed E-state index contributed by atoms with van der Waals surface area (Å²) in [5, 5.41) is 3.31. The molecule has 5 nitrogen and oxygen atoms in total. The van der Waals surface area contributed by atoms with E-state index in [2.05, 4.69) is 29.1 Å². The van der Waals surface area contributed by atoms with Gasteiger partial charge in [0.15, 0.2) is 0 Å². The molecule has 0 saturated carbocycles. The third-order valence-electron chi connectivity index (χ3n) is 4.49. The van der Waals surface area contributed by atoms with Crippen molar-refractivity contribution in [3.63, 3.8) is 0 Å². The lowest BCUT2D eigenvalue weighted by atomic mass is 9.95. The highest BCUT2D eigenvalue weighted by Gasteiger charge is 2.36. The Hall–Kier alpha value is -0.650. The molecule has 0 radical (unpaired) electrons. The number of piperidine rings is 1. The lowest BCUT2D eigenvalue weighted by Gasteiger charge is -2.45. The first-order valence-electron chi connectivity index (χ1n) is 7.46. The van der Waals surface area contributed by atoms with Gasteiger partial charge in [-0.1, -0.05) is 0 Å². The van der Waals surface area contributed by atoms with Gasteiger partial charge in [-0.2, -0.15) is 0 Å². The summed E-state index contributed by atoms with van der Waals surface area (Å²) in [6.45, 7) is 8.36. The Labute approximate surface area is 116 Å². The Morgan fingerprint density at radius 1 is 1.42 bits per heavy atom. The number of esters is 1. The van der Waals surface area contributed by atoms with Gasteiger partial charge in [0.25, 0.3) is 0 Å². The molecule has 19 heavy (non-hydrogen) atoms. The van der Waals surface area contributed by atoms with E-state index in [0.717, 1.165) is 39.0 Å². The van der Waals surface area contributed by atoms with Crippen LogP contribution in [0.15, 0.2) is 0 Å². The maximum atomic E-state index is 12.1. The molecule has 2 aliphatic heterocycles. The molecule has 5 heteroatoms. The molecule has 0 aromatic rings. The molecule has 2 aliphatic rings. The number of likely N-dealkylation sites (tertiary alicyclic amines) is 1. The van der Waals surface area contributed by atoms with Gasteiger partial charge in [0.05, 0.1) is 6.61 Å². The van der Waals surface area contributed by atoms with Gasteiger partial charge >= 0.3 is 5.97 Å².